The number of alkyl halides is 3. The van der Waals surface area contributed by atoms with Crippen molar-refractivity contribution in [1.29, 1.82) is 0 Å². The fraction of sp³-hybridized carbons (Fsp3) is 0.235. The maximum absolute atomic E-state index is 12.4. The van der Waals surface area contributed by atoms with Gasteiger partial charge in [-0.3, -0.25) is 4.79 Å². The number of benzene rings is 2. The summed E-state index contributed by atoms with van der Waals surface area (Å²) >= 11 is 0. The van der Waals surface area contributed by atoms with Gasteiger partial charge in [0.2, 0.25) is 0 Å². The van der Waals surface area contributed by atoms with E-state index in [9.17, 15) is 18.0 Å². The second-order valence-electron chi connectivity index (χ2n) is 4.97. The maximum Gasteiger partial charge on any atom is 0.573 e. The molecule has 128 valence electrons. The van der Waals surface area contributed by atoms with Crippen molar-refractivity contribution in [3.8, 4) is 5.75 Å². The molecule has 0 bridgehead atoms. The van der Waals surface area contributed by atoms with Gasteiger partial charge in [0.25, 0.3) is 5.91 Å². The van der Waals surface area contributed by atoms with Crippen molar-refractivity contribution in [2.24, 2.45) is 0 Å². The van der Waals surface area contributed by atoms with Crippen LogP contribution in [0.25, 0.3) is 0 Å². The predicted octanol–water partition coefficient (Wildman–Crippen LogP) is 3.66. The van der Waals surface area contributed by atoms with Crippen molar-refractivity contribution < 1.29 is 27.4 Å². The summed E-state index contributed by atoms with van der Waals surface area (Å²) < 4.78 is 46.1. The van der Waals surface area contributed by atoms with Crippen LogP contribution in [0, 0.1) is 0 Å². The fourth-order valence-corrected chi connectivity index (χ4v) is 2.12. The summed E-state index contributed by atoms with van der Waals surface area (Å²) in [4.78, 5) is 12.2. The number of carbonyl (C=O) groups excluding carboxylic acids is 1. The minimum Gasteiger partial charge on any atom is -0.405 e. The van der Waals surface area contributed by atoms with Crippen molar-refractivity contribution in [1.82, 2.24) is 5.32 Å². The average molecular weight is 339 g/mol. The van der Waals surface area contributed by atoms with E-state index in [1.165, 1.54) is 18.2 Å². The summed E-state index contributed by atoms with van der Waals surface area (Å²) in [7, 11) is 1.55. The van der Waals surface area contributed by atoms with Gasteiger partial charge in [0.15, 0.2) is 0 Å². The van der Waals surface area contributed by atoms with Crippen LogP contribution in [0.4, 0.5) is 13.2 Å². The summed E-state index contributed by atoms with van der Waals surface area (Å²) in [5.74, 6) is -0.729. The molecule has 0 saturated carbocycles. The highest BCUT2D eigenvalue weighted by Gasteiger charge is 2.31. The number of halogens is 3. The molecule has 0 saturated heterocycles. The number of hydrogen-bond acceptors (Lipinski definition) is 3. The SMILES string of the molecule is COCc1cccc(C(=O)NCc2ccccc2OC(F)(F)F)c1. The molecule has 0 radical (unpaired) electrons. The van der Waals surface area contributed by atoms with Crippen molar-refractivity contribution in [2.45, 2.75) is 19.5 Å². The Kier molecular flexibility index (Phi) is 5.81. The van der Waals surface area contributed by atoms with Crippen LogP contribution < -0.4 is 10.1 Å². The van der Waals surface area contributed by atoms with E-state index >= 15 is 0 Å². The molecule has 2 aromatic rings. The van der Waals surface area contributed by atoms with Gasteiger partial charge in [-0.15, -0.1) is 13.2 Å². The first kappa shape index (κ1) is 17.8. The van der Waals surface area contributed by atoms with Crippen LogP contribution in [0.2, 0.25) is 0 Å². The van der Waals surface area contributed by atoms with Crippen LogP contribution in [0.15, 0.2) is 48.5 Å². The molecule has 0 spiro atoms. The second kappa shape index (κ2) is 7.83. The molecule has 0 aromatic heterocycles. The standard InChI is InChI=1S/C17H16F3NO3/c1-23-11-12-5-4-7-13(9-12)16(22)21-10-14-6-2-3-8-15(14)24-17(18,19)20/h2-9H,10-11H2,1H3,(H,21,22). The molecule has 0 aliphatic carbocycles. The molecular formula is C17H16F3NO3. The van der Waals surface area contributed by atoms with Crippen LogP contribution in [0.1, 0.15) is 21.5 Å². The van der Waals surface area contributed by atoms with Gasteiger partial charge in [-0.1, -0.05) is 30.3 Å². The predicted molar refractivity (Wildman–Crippen MR) is 81.5 cm³/mol. The molecule has 0 unspecified atom stereocenters. The van der Waals surface area contributed by atoms with Gasteiger partial charge in [0.1, 0.15) is 5.75 Å². The van der Waals surface area contributed by atoms with Crippen LogP contribution in [0.5, 0.6) is 5.75 Å². The number of rotatable bonds is 6. The Morgan fingerprint density at radius 3 is 2.58 bits per heavy atom. The van der Waals surface area contributed by atoms with Gasteiger partial charge in [0.05, 0.1) is 6.61 Å². The highest BCUT2D eigenvalue weighted by Crippen LogP contribution is 2.26. The molecule has 0 aliphatic heterocycles. The summed E-state index contributed by atoms with van der Waals surface area (Å²) in [6, 6.07) is 12.5. The summed E-state index contributed by atoms with van der Waals surface area (Å²) in [5.41, 5.74) is 1.46. The topological polar surface area (TPSA) is 47.6 Å². The lowest BCUT2D eigenvalue weighted by Crippen LogP contribution is -2.24. The number of hydrogen-bond donors (Lipinski definition) is 1. The van der Waals surface area contributed by atoms with Gasteiger partial charge in [0, 0.05) is 24.8 Å². The van der Waals surface area contributed by atoms with Gasteiger partial charge >= 0.3 is 6.36 Å². The number of nitrogens with one attached hydrogen (secondary N) is 1. The van der Waals surface area contributed by atoms with Gasteiger partial charge in [-0.05, 0) is 23.8 Å². The summed E-state index contributed by atoms with van der Waals surface area (Å²) in [6.07, 6.45) is -4.78. The Morgan fingerprint density at radius 1 is 1.12 bits per heavy atom. The van der Waals surface area contributed by atoms with E-state index in [0.29, 0.717) is 12.2 Å². The Bertz CT molecular complexity index is 701. The number of methoxy groups -OCH3 is 1. The lowest BCUT2D eigenvalue weighted by molar-refractivity contribution is -0.274. The normalized spacial score (nSPS) is 11.2. The molecule has 2 aromatic carbocycles. The van der Waals surface area contributed by atoms with E-state index in [1.807, 2.05) is 6.07 Å². The number of amides is 1. The highest BCUT2D eigenvalue weighted by molar-refractivity contribution is 5.94. The van der Waals surface area contributed by atoms with E-state index in [0.717, 1.165) is 5.56 Å². The molecule has 1 N–H and O–H groups in total. The van der Waals surface area contributed by atoms with Crippen molar-refractivity contribution >= 4 is 5.91 Å². The Balaban J connectivity index is 2.05. The summed E-state index contributed by atoms with van der Waals surface area (Å²) in [6.45, 7) is 0.281. The number of para-hydroxylation sites is 1. The van der Waals surface area contributed by atoms with E-state index in [4.69, 9.17) is 4.74 Å². The Labute approximate surface area is 137 Å². The van der Waals surface area contributed by atoms with Crippen molar-refractivity contribution in [3.63, 3.8) is 0 Å². The zero-order chi connectivity index (χ0) is 17.6. The molecule has 0 fully saturated rings. The van der Waals surface area contributed by atoms with Gasteiger partial charge < -0.3 is 14.8 Å². The van der Waals surface area contributed by atoms with E-state index in [-0.39, 0.29) is 17.9 Å². The first-order chi connectivity index (χ1) is 11.4. The largest absolute Gasteiger partial charge is 0.573 e. The minimum absolute atomic E-state index is 0.0837. The maximum atomic E-state index is 12.4. The third kappa shape index (κ3) is 5.27. The van der Waals surface area contributed by atoms with Gasteiger partial charge in [-0.25, -0.2) is 0 Å². The molecule has 7 heteroatoms. The molecule has 24 heavy (non-hydrogen) atoms. The first-order valence-corrected chi connectivity index (χ1v) is 7.09. The molecule has 0 atom stereocenters. The average Bonchev–Trinajstić information content (AvgIpc) is 2.53. The summed E-state index contributed by atoms with van der Waals surface area (Å²) in [5, 5.41) is 2.58. The van der Waals surface area contributed by atoms with E-state index in [2.05, 4.69) is 10.1 Å². The quantitative estimate of drug-likeness (QED) is 0.874. The van der Waals surface area contributed by atoms with E-state index in [1.54, 1.807) is 31.4 Å². The van der Waals surface area contributed by atoms with Crippen LogP contribution in [-0.2, 0) is 17.9 Å². The van der Waals surface area contributed by atoms with Crippen LogP contribution in [0.3, 0.4) is 0 Å². The lowest BCUT2D eigenvalue weighted by Gasteiger charge is -2.13. The number of ether oxygens (including phenoxy) is 2. The van der Waals surface area contributed by atoms with Gasteiger partial charge in [-0.2, -0.15) is 0 Å². The molecule has 0 aliphatic rings. The Morgan fingerprint density at radius 2 is 1.88 bits per heavy atom. The Hall–Kier alpha value is -2.54. The molecule has 4 nitrogen and oxygen atoms in total. The third-order valence-electron chi connectivity index (χ3n) is 3.14. The fourth-order valence-electron chi connectivity index (χ4n) is 2.12. The van der Waals surface area contributed by atoms with Crippen LogP contribution >= 0.6 is 0 Å². The second-order valence-corrected chi connectivity index (χ2v) is 4.97. The molecule has 2 rings (SSSR count). The highest BCUT2D eigenvalue weighted by atomic mass is 19.4. The van der Waals surface area contributed by atoms with Crippen molar-refractivity contribution in [3.05, 3.63) is 65.2 Å². The van der Waals surface area contributed by atoms with E-state index < -0.39 is 12.3 Å². The molecular weight excluding hydrogens is 323 g/mol. The third-order valence-corrected chi connectivity index (χ3v) is 3.14. The smallest absolute Gasteiger partial charge is 0.405 e. The zero-order valence-electron chi connectivity index (χ0n) is 12.9. The lowest BCUT2D eigenvalue weighted by atomic mass is 10.1. The first-order valence-electron chi connectivity index (χ1n) is 7.09. The monoisotopic (exact) mass is 339 g/mol. The zero-order valence-corrected chi connectivity index (χ0v) is 12.9. The van der Waals surface area contributed by atoms with Crippen molar-refractivity contribution in [2.75, 3.05) is 7.11 Å². The van der Waals surface area contributed by atoms with Crippen LogP contribution in [-0.4, -0.2) is 19.4 Å². The molecule has 0 heterocycles. The molecule has 1 amide bonds. The minimum atomic E-state index is -4.78. The number of carbonyl (C=O) groups is 1.